The smallest absolute Gasteiger partial charge is 0.242 e. The number of likely N-dealkylation sites (N-methyl/N-ethyl adjacent to an activating group) is 1. The van der Waals surface area contributed by atoms with E-state index in [0.717, 1.165) is 0 Å². The Bertz CT molecular complexity index is 728. The molecule has 122 valence electrons. The summed E-state index contributed by atoms with van der Waals surface area (Å²) >= 11 is 0. The monoisotopic (exact) mass is 328 g/mol. The fourth-order valence-corrected chi connectivity index (χ4v) is 3.04. The first-order valence-corrected chi connectivity index (χ1v) is 8.27. The van der Waals surface area contributed by atoms with Gasteiger partial charge in [-0.3, -0.25) is 0 Å². The van der Waals surface area contributed by atoms with Crippen LogP contribution in [0.15, 0.2) is 21.7 Å². The molecule has 0 bridgehead atoms. The van der Waals surface area contributed by atoms with Crippen LogP contribution >= 0.6 is 0 Å². The summed E-state index contributed by atoms with van der Waals surface area (Å²) in [6.45, 7) is 1.87. The Morgan fingerprint density at radius 2 is 1.95 bits per heavy atom. The van der Waals surface area contributed by atoms with Crippen molar-refractivity contribution in [1.82, 2.24) is 19.9 Å². The van der Waals surface area contributed by atoms with Crippen LogP contribution in [0.2, 0.25) is 0 Å². The van der Waals surface area contributed by atoms with Crippen LogP contribution in [0, 0.1) is 0 Å². The van der Waals surface area contributed by atoms with E-state index < -0.39 is 10.0 Å². The number of nitrogens with two attached hydrogens (primary N) is 1. The van der Waals surface area contributed by atoms with Crippen LogP contribution in [0.4, 0.5) is 5.69 Å². The van der Waals surface area contributed by atoms with Gasteiger partial charge in [-0.1, -0.05) is 0 Å². The van der Waals surface area contributed by atoms with Crippen molar-refractivity contribution in [2.75, 3.05) is 45.6 Å². The number of fused-ring (bicyclic) bond motifs is 1. The maximum absolute atomic E-state index is 12.4. The van der Waals surface area contributed by atoms with Crippen LogP contribution in [0.5, 0.6) is 0 Å². The van der Waals surface area contributed by atoms with E-state index in [4.69, 9.17) is 10.4 Å². The summed E-state index contributed by atoms with van der Waals surface area (Å²) in [5.74, 6) is 0. The van der Waals surface area contributed by atoms with Gasteiger partial charge in [-0.25, -0.2) is 17.8 Å². The molecule has 0 saturated heterocycles. The Morgan fingerprint density at radius 1 is 1.23 bits per heavy atom. The van der Waals surface area contributed by atoms with Crippen LogP contribution < -0.4 is 15.8 Å². The zero-order valence-electron chi connectivity index (χ0n) is 12.5. The molecule has 10 heteroatoms. The van der Waals surface area contributed by atoms with Crippen molar-refractivity contribution in [2.45, 2.75) is 4.90 Å². The molecular weight excluding hydrogens is 308 g/mol. The standard InChI is InChI=1S/C12H20N6O3S/c1-18(2)8-7-15-22(19,20)10-4-3-9(14-6-5-13)11-12(10)17-21-16-11/h3-4,14-15H,5-8,13H2,1-2H3. The van der Waals surface area contributed by atoms with Gasteiger partial charge in [0.05, 0.1) is 5.69 Å². The summed E-state index contributed by atoms with van der Waals surface area (Å²) in [7, 11) is 0.0527. The van der Waals surface area contributed by atoms with Gasteiger partial charge in [0.2, 0.25) is 10.0 Å². The number of sulfonamides is 1. The average molecular weight is 328 g/mol. The lowest BCUT2D eigenvalue weighted by Gasteiger charge is -2.11. The van der Waals surface area contributed by atoms with Crippen molar-refractivity contribution in [3.05, 3.63) is 12.1 Å². The molecule has 22 heavy (non-hydrogen) atoms. The summed E-state index contributed by atoms with van der Waals surface area (Å²) in [6, 6.07) is 3.10. The molecule has 0 aliphatic carbocycles. The molecular formula is C12H20N6O3S. The number of nitrogens with zero attached hydrogens (tertiary/aromatic N) is 3. The van der Waals surface area contributed by atoms with E-state index in [0.29, 0.717) is 37.4 Å². The van der Waals surface area contributed by atoms with Crippen LogP contribution in [0.25, 0.3) is 11.0 Å². The molecule has 0 saturated carbocycles. The summed E-state index contributed by atoms with van der Waals surface area (Å²) in [5, 5.41) is 10.5. The predicted octanol–water partition coefficient (Wildman–Crippen LogP) is -0.567. The van der Waals surface area contributed by atoms with Crippen LogP contribution in [0.3, 0.4) is 0 Å². The minimum Gasteiger partial charge on any atom is -0.382 e. The van der Waals surface area contributed by atoms with E-state index in [1.54, 1.807) is 6.07 Å². The van der Waals surface area contributed by atoms with E-state index in [-0.39, 0.29) is 10.4 Å². The Morgan fingerprint density at radius 3 is 2.64 bits per heavy atom. The number of hydrogen-bond donors (Lipinski definition) is 3. The molecule has 1 heterocycles. The molecule has 4 N–H and O–H groups in total. The van der Waals surface area contributed by atoms with Gasteiger partial charge in [-0.05, 0) is 36.5 Å². The fourth-order valence-electron chi connectivity index (χ4n) is 1.89. The van der Waals surface area contributed by atoms with Crippen molar-refractivity contribution < 1.29 is 13.0 Å². The quantitative estimate of drug-likeness (QED) is 0.588. The van der Waals surface area contributed by atoms with Gasteiger partial charge in [0.25, 0.3) is 0 Å². The average Bonchev–Trinajstić information content (AvgIpc) is 2.93. The van der Waals surface area contributed by atoms with Gasteiger partial charge in [-0.2, -0.15) is 0 Å². The minimum absolute atomic E-state index is 0.0424. The molecule has 2 rings (SSSR count). The highest BCUT2D eigenvalue weighted by Crippen LogP contribution is 2.26. The maximum atomic E-state index is 12.4. The predicted molar refractivity (Wildman–Crippen MR) is 83.1 cm³/mol. The first kappa shape index (κ1) is 16.6. The summed E-state index contributed by atoms with van der Waals surface area (Å²) < 4.78 is 32.0. The van der Waals surface area contributed by atoms with Gasteiger partial charge in [0.1, 0.15) is 4.90 Å². The van der Waals surface area contributed by atoms with E-state index in [1.807, 2.05) is 19.0 Å². The van der Waals surface area contributed by atoms with Crippen LogP contribution in [-0.4, -0.2) is 63.9 Å². The van der Waals surface area contributed by atoms with Gasteiger partial charge < -0.3 is 16.0 Å². The third-order valence-electron chi connectivity index (χ3n) is 2.98. The van der Waals surface area contributed by atoms with Crippen molar-refractivity contribution in [3.8, 4) is 0 Å². The van der Waals surface area contributed by atoms with Gasteiger partial charge >= 0.3 is 0 Å². The number of aromatic nitrogens is 2. The van der Waals surface area contributed by atoms with E-state index in [9.17, 15) is 8.42 Å². The Labute approximate surface area is 128 Å². The molecule has 9 nitrogen and oxygen atoms in total. The van der Waals surface area contributed by atoms with Gasteiger partial charge in [0.15, 0.2) is 11.0 Å². The van der Waals surface area contributed by atoms with Gasteiger partial charge in [-0.15, -0.1) is 0 Å². The number of nitrogens with one attached hydrogen (secondary N) is 2. The minimum atomic E-state index is -3.68. The lowest BCUT2D eigenvalue weighted by Crippen LogP contribution is -2.31. The third-order valence-corrected chi connectivity index (χ3v) is 4.47. The SMILES string of the molecule is CN(C)CCNS(=O)(=O)c1ccc(NCCN)c2nonc12. The zero-order valence-corrected chi connectivity index (χ0v) is 13.4. The number of benzene rings is 1. The zero-order chi connectivity index (χ0) is 16.2. The Balaban J connectivity index is 2.30. The summed E-state index contributed by atoms with van der Waals surface area (Å²) in [5.41, 5.74) is 6.63. The van der Waals surface area contributed by atoms with E-state index in [2.05, 4.69) is 20.4 Å². The second-order valence-electron chi connectivity index (χ2n) is 4.99. The molecule has 0 aliphatic rings. The largest absolute Gasteiger partial charge is 0.382 e. The molecule has 0 spiro atoms. The molecule has 0 amide bonds. The van der Waals surface area contributed by atoms with E-state index >= 15 is 0 Å². The van der Waals surface area contributed by atoms with Gasteiger partial charge in [0, 0.05) is 26.2 Å². The first-order valence-electron chi connectivity index (χ1n) is 6.79. The molecule has 2 aromatic rings. The molecule has 0 aliphatic heterocycles. The maximum Gasteiger partial charge on any atom is 0.242 e. The number of hydrogen-bond acceptors (Lipinski definition) is 8. The highest BCUT2D eigenvalue weighted by molar-refractivity contribution is 7.89. The van der Waals surface area contributed by atoms with E-state index in [1.165, 1.54) is 6.07 Å². The highest BCUT2D eigenvalue weighted by atomic mass is 32.2. The Kier molecular flexibility index (Phi) is 5.29. The topological polar surface area (TPSA) is 126 Å². The number of anilines is 1. The second kappa shape index (κ2) is 7.01. The van der Waals surface area contributed by atoms with Crippen molar-refractivity contribution in [3.63, 3.8) is 0 Å². The lowest BCUT2D eigenvalue weighted by atomic mass is 10.2. The molecule has 0 atom stereocenters. The molecule has 1 aromatic carbocycles. The molecule has 0 unspecified atom stereocenters. The van der Waals surface area contributed by atoms with Crippen molar-refractivity contribution in [1.29, 1.82) is 0 Å². The Hall–Kier alpha value is -1.75. The van der Waals surface area contributed by atoms with Crippen molar-refractivity contribution in [2.24, 2.45) is 5.73 Å². The second-order valence-corrected chi connectivity index (χ2v) is 6.72. The summed E-state index contributed by atoms with van der Waals surface area (Å²) in [4.78, 5) is 1.93. The normalized spacial score (nSPS) is 12.2. The molecule has 0 fully saturated rings. The van der Waals surface area contributed by atoms with Crippen LogP contribution in [-0.2, 0) is 10.0 Å². The van der Waals surface area contributed by atoms with Crippen LogP contribution in [0.1, 0.15) is 0 Å². The molecule has 0 radical (unpaired) electrons. The van der Waals surface area contributed by atoms with Crippen molar-refractivity contribution >= 4 is 26.7 Å². The molecule has 1 aromatic heterocycles. The lowest BCUT2D eigenvalue weighted by molar-refractivity contribution is 0.315. The first-order chi connectivity index (χ1) is 10.5. The summed E-state index contributed by atoms with van der Waals surface area (Å²) in [6.07, 6.45) is 0. The highest BCUT2D eigenvalue weighted by Gasteiger charge is 2.22. The number of rotatable bonds is 8. The third kappa shape index (κ3) is 3.71. The fraction of sp³-hybridized carbons (Fsp3) is 0.500.